The van der Waals surface area contributed by atoms with Crippen molar-refractivity contribution in [3.63, 3.8) is 0 Å². The number of benzene rings is 1. The average Bonchev–Trinajstić information content (AvgIpc) is 2.28. The molecule has 1 rings (SSSR count). The molecular formula is C11H10FN3O3. The van der Waals surface area contributed by atoms with Crippen LogP contribution < -0.4 is 5.32 Å². The minimum atomic E-state index is -1.15. The van der Waals surface area contributed by atoms with E-state index in [4.69, 9.17) is 5.26 Å². The molecule has 1 N–H and O–H groups in total. The normalized spacial score (nSPS) is 10.6. The minimum absolute atomic E-state index is 0.344. The molecule has 0 saturated carbocycles. The number of non-ortho nitro benzene ring substituents is 1. The molecule has 0 unspecified atom stereocenters. The molecule has 7 heteroatoms. The fourth-order valence-corrected chi connectivity index (χ4v) is 1.18. The van der Waals surface area contributed by atoms with Crippen LogP contribution in [-0.4, -0.2) is 16.4 Å². The molecule has 0 spiro atoms. The van der Waals surface area contributed by atoms with E-state index in [1.165, 1.54) is 13.8 Å². The smallest absolute Gasteiger partial charge is 0.272 e. The quantitative estimate of drug-likeness (QED) is 0.654. The number of nitro groups is 1. The number of carbonyl (C=O) groups excluding carboxylic acids is 1. The van der Waals surface area contributed by atoms with Crippen molar-refractivity contribution in [1.29, 1.82) is 5.26 Å². The van der Waals surface area contributed by atoms with Gasteiger partial charge in [-0.3, -0.25) is 14.9 Å². The summed E-state index contributed by atoms with van der Waals surface area (Å²) in [6.07, 6.45) is 0. The van der Waals surface area contributed by atoms with Crippen LogP contribution in [0, 0.1) is 27.3 Å². The third-order valence-corrected chi connectivity index (χ3v) is 2.11. The lowest BCUT2D eigenvalue weighted by Gasteiger charge is -2.17. The fraction of sp³-hybridized carbons (Fsp3) is 0.273. The van der Waals surface area contributed by atoms with E-state index in [1.807, 2.05) is 6.07 Å². The highest BCUT2D eigenvalue weighted by molar-refractivity contribution is 5.95. The molecule has 0 aromatic heterocycles. The van der Waals surface area contributed by atoms with E-state index in [1.54, 1.807) is 0 Å². The standard InChI is InChI=1S/C11H10FN3O3/c1-11(2,6-13)14-10(16)8-4-3-7(15(17)18)5-9(8)12/h3-5H,1-2H3,(H,14,16). The number of hydrogen-bond donors (Lipinski definition) is 1. The van der Waals surface area contributed by atoms with Gasteiger partial charge in [0.1, 0.15) is 11.4 Å². The maximum atomic E-state index is 13.5. The molecule has 0 bridgehead atoms. The molecular weight excluding hydrogens is 241 g/mol. The van der Waals surface area contributed by atoms with Gasteiger partial charge < -0.3 is 5.32 Å². The first-order valence-corrected chi connectivity index (χ1v) is 4.94. The monoisotopic (exact) mass is 251 g/mol. The van der Waals surface area contributed by atoms with Crippen LogP contribution in [-0.2, 0) is 0 Å². The molecule has 18 heavy (non-hydrogen) atoms. The first kappa shape index (κ1) is 13.6. The SMILES string of the molecule is CC(C)(C#N)NC(=O)c1ccc([N+](=O)[O-])cc1F. The summed E-state index contributed by atoms with van der Waals surface area (Å²) in [6.45, 7) is 2.91. The largest absolute Gasteiger partial charge is 0.334 e. The predicted octanol–water partition coefficient (Wildman–Crippen LogP) is 1.77. The Morgan fingerprint density at radius 2 is 2.17 bits per heavy atom. The van der Waals surface area contributed by atoms with Crippen molar-refractivity contribution in [2.45, 2.75) is 19.4 Å². The van der Waals surface area contributed by atoms with Crippen molar-refractivity contribution >= 4 is 11.6 Å². The number of amides is 1. The number of nitrogens with zero attached hydrogens (tertiary/aromatic N) is 2. The first-order valence-electron chi connectivity index (χ1n) is 4.94. The number of nitrogens with one attached hydrogen (secondary N) is 1. The van der Waals surface area contributed by atoms with Crippen molar-refractivity contribution in [1.82, 2.24) is 5.32 Å². The second-order valence-corrected chi connectivity index (χ2v) is 4.11. The third-order valence-electron chi connectivity index (χ3n) is 2.11. The van der Waals surface area contributed by atoms with E-state index in [0.717, 1.165) is 12.1 Å². The maximum absolute atomic E-state index is 13.5. The van der Waals surface area contributed by atoms with E-state index in [9.17, 15) is 19.3 Å². The summed E-state index contributed by atoms with van der Waals surface area (Å²) in [4.78, 5) is 21.3. The summed E-state index contributed by atoms with van der Waals surface area (Å²) >= 11 is 0. The van der Waals surface area contributed by atoms with Gasteiger partial charge in [0.2, 0.25) is 0 Å². The zero-order valence-electron chi connectivity index (χ0n) is 9.73. The summed E-state index contributed by atoms with van der Waals surface area (Å²) < 4.78 is 13.5. The highest BCUT2D eigenvalue weighted by atomic mass is 19.1. The summed E-state index contributed by atoms with van der Waals surface area (Å²) in [5.41, 5.74) is -1.93. The van der Waals surface area contributed by atoms with Gasteiger partial charge in [-0.2, -0.15) is 5.26 Å². The second kappa shape index (κ2) is 4.79. The Balaban J connectivity index is 3.02. The van der Waals surface area contributed by atoms with Crippen molar-refractivity contribution in [3.05, 3.63) is 39.7 Å². The molecule has 6 nitrogen and oxygen atoms in total. The van der Waals surface area contributed by atoms with Crippen LogP contribution in [0.4, 0.5) is 10.1 Å². The molecule has 1 aromatic carbocycles. The maximum Gasteiger partial charge on any atom is 0.272 e. The van der Waals surface area contributed by atoms with Crippen LogP contribution in [0.15, 0.2) is 18.2 Å². The van der Waals surface area contributed by atoms with Crippen LogP contribution in [0.5, 0.6) is 0 Å². The number of nitro benzene ring substituents is 1. The summed E-state index contributed by atoms with van der Waals surface area (Å²) in [7, 11) is 0. The number of rotatable bonds is 3. The van der Waals surface area contributed by atoms with Crippen molar-refractivity contribution in [3.8, 4) is 6.07 Å². The molecule has 0 aliphatic carbocycles. The molecule has 0 fully saturated rings. The van der Waals surface area contributed by atoms with Gasteiger partial charge in [-0.05, 0) is 19.9 Å². The van der Waals surface area contributed by atoms with Crippen LogP contribution in [0.2, 0.25) is 0 Å². The van der Waals surface area contributed by atoms with Crippen LogP contribution in [0.1, 0.15) is 24.2 Å². The molecule has 0 radical (unpaired) electrons. The lowest BCUT2D eigenvalue weighted by molar-refractivity contribution is -0.385. The molecule has 0 atom stereocenters. The lowest BCUT2D eigenvalue weighted by atomic mass is 10.1. The third kappa shape index (κ3) is 3.01. The number of halogens is 1. The van der Waals surface area contributed by atoms with Gasteiger partial charge in [-0.25, -0.2) is 4.39 Å². The average molecular weight is 251 g/mol. The molecule has 0 saturated heterocycles. The molecule has 94 valence electrons. The zero-order chi connectivity index (χ0) is 13.9. The van der Waals surface area contributed by atoms with Crippen molar-refractivity contribution < 1.29 is 14.1 Å². The Labute approximate surface area is 102 Å². The Hall–Kier alpha value is -2.49. The summed E-state index contributed by atoms with van der Waals surface area (Å²) in [6, 6.07) is 4.52. The Kier molecular flexibility index (Phi) is 3.61. The zero-order valence-corrected chi connectivity index (χ0v) is 9.73. The molecule has 0 aliphatic heterocycles. The van der Waals surface area contributed by atoms with Crippen LogP contribution in [0.25, 0.3) is 0 Å². The van der Waals surface area contributed by atoms with E-state index in [0.29, 0.717) is 6.07 Å². The van der Waals surface area contributed by atoms with E-state index in [2.05, 4.69) is 5.32 Å². The van der Waals surface area contributed by atoms with Crippen molar-refractivity contribution in [2.24, 2.45) is 0 Å². The van der Waals surface area contributed by atoms with Crippen LogP contribution in [0.3, 0.4) is 0 Å². The lowest BCUT2D eigenvalue weighted by Crippen LogP contribution is -2.42. The molecule has 0 heterocycles. The van der Waals surface area contributed by atoms with Crippen LogP contribution >= 0.6 is 0 Å². The molecule has 1 aromatic rings. The van der Waals surface area contributed by atoms with E-state index < -0.39 is 27.9 Å². The Bertz CT molecular complexity index is 549. The predicted molar refractivity (Wildman–Crippen MR) is 60.2 cm³/mol. The highest BCUT2D eigenvalue weighted by Crippen LogP contribution is 2.17. The van der Waals surface area contributed by atoms with Gasteiger partial charge in [0.25, 0.3) is 11.6 Å². The van der Waals surface area contributed by atoms with E-state index in [-0.39, 0.29) is 5.56 Å². The number of carbonyl (C=O) groups is 1. The first-order chi connectivity index (χ1) is 8.26. The molecule has 0 aliphatic rings. The van der Waals surface area contributed by atoms with Gasteiger partial charge in [0, 0.05) is 6.07 Å². The van der Waals surface area contributed by atoms with Gasteiger partial charge in [-0.15, -0.1) is 0 Å². The fourth-order valence-electron chi connectivity index (χ4n) is 1.18. The van der Waals surface area contributed by atoms with Crippen molar-refractivity contribution in [2.75, 3.05) is 0 Å². The van der Waals surface area contributed by atoms with Gasteiger partial charge in [0.05, 0.1) is 22.6 Å². The summed E-state index contributed by atoms with van der Waals surface area (Å²) in [5, 5.41) is 21.4. The molecule has 1 amide bonds. The van der Waals surface area contributed by atoms with Gasteiger partial charge in [-0.1, -0.05) is 0 Å². The van der Waals surface area contributed by atoms with E-state index >= 15 is 0 Å². The van der Waals surface area contributed by atoms with Gasteiger partial charge in [0.15, 0.2) is 0 Å². The Morgan fingerprint density at radius 1 is 1.56 bits per heavy atom. The number of nitriles is 1. The topological polar surface area (TPSA) is 96.0 Å². The van der Waals surface area contributed by atoms with Gasteiger partial charge >= 0.3 is 0 Å². The Morgan fingerprint density at radius 3 is 2.61 bits per heavy atom. The second-order valence-electron chi connectivity index (χ2n) is 4.11. The number of hydrogen-bond acceptors (Lipinski definition) is 4. The summed E-state index contributed by atoms with van der Waals surface area (Å²) in [5.74, 6) is -1.80. The minimum Gasteiger partial charge on any atom is -0.334 e. The highest BCUT2D eigenvalue weighted by Gasteiger charge is 2.23.